The highest BCUT2D eigenvalue weighted by molar-refractivity contribution is 7.09. The first-order valence-electron chi connectivity index (χ1n) is 5.53. The molecule has 0 saturated heterocycles. The van der Waals surface area contributed by atoms with Crippen LogP contribution in [0, 0.1) is 0 Å². The molecule has 1 aromatic carbocycles. The maximum Gasteiger partial charge on any atom is 0.112 e. The van der Waals surface area contributed by atoms with Gasteiger partial charge in [-0.15, -0.1) is 11.3 Å². The van der Waals surface area contributed by atoms with Crippen LogP contribution in [0.15, 0.2) is 42.0 Å². The lowest BCUT2D eigenvalue weighted by Gasteiger charge is -2.04. The van der Waals surface area contributed by atoms with Crippen molar-refractivity contribution < 1.29 is 0 Å². The van der Waals surface area contributed by atoms with Crippen LogP contribution in [0.4, 0.5) is 0 Å². The Hall–Kier alpha value is -1.65. The van der Waals surface area contributed by atoms with Gasteiger partial charge in [0.2, 0.25) is 0 Å². The third kappa shape index (κ3) is 1.85. The lowest BCUT2D eigenvalue weighted by atomic mass is 10.1. The van der Waals surface area contributed by atoms with Crippen LogP contribution in [-0.4, -0.2) is 9.55 Å². The fourth-order valence-corrected chi connectivity index (χ4v) is 2.69. The molecule has 0 radical (unpaired) electrons. The third-order valence-corrected chi connectivity index (χ3v) is 3.68. The topological polar surface area (TPSA) is 43.8 Å². The quantitative estimate of drug-likeness (QED) is 0.768. The SMILES string of the molecule is NCc1cccc2c1ccn2Cc1nccs1. The van der Waals surface area contributed by atoms with Gasteiger partial charge in [-0.25, -0.2) is 4.98 Å². The van der Waals surface area contributed by atoms with E-state index in [-0.39, 0.29) is 0 Å². The number of hydrogen-bond donors (Lipinski definition) is 1. The van der Waals surface area contributed by atoms with E-state index in [1.165, 1.54) is 16.5 Å². The van der Waals surface area contributed by atoms with Crippen molar-refractivity contribution in [3.8, 4) is 0 Å². The molecule has 2 N–H and O–H groups in total. The molecule has 0 unspecified atom stereocenters. The van der Waals surface area contributed by atoms with Crippen molar-refractivity contribution >= 4 is 22.2 Å². The number of nitrogens with zero attached hydrogens (tertiary/aromatic N) is 2. The average Bonchev–Trinajstić information content (AvgIpc) is 2.99. The summed E-state index contributed by atoms with van der Waals surface area (Å²) in [4.78, 5) is 4.31. The lowest BCUT2D eigenvalue weighted by Crippen LogP contribution is -1.99. The summed E-state index contributed by atoms with van der Waals surface area (Å²) in [6.45, 7) is 1.41. The fourth-order valence-electron chi connectivity index (χ4n) is 2.08. The highest BCUT2D eigenvalue weighted by atomic mass is 32.1. The van der Waals surface area contributed by atoms with Crippen LogP contribution < -0.4 is 5.73 Å². The van der Waals surface area contributed by atoms with Crippen molar-refractivity contribution in [3.63, 3.8) is 0 Å². The van der Waals surface area contributed by atoms with Gasteiger partial charge in [0.15, 0.2) is 0 Å². The molecule has 2 aromatic heterocycles. The number of rotatable bonds is 3. The molecule has 0 fully saturated rings. The molecule has 4 heteroatoms. The van der Waals surface area contributed by atoms with Crippen LogP contribution >= 0.6 is 11.3 Å². The molecule has 0 spiro atoms. The van der Waals surface area contributed by atoms with Gasteiger partial charge in [-0.05, 0) is 17.7 Å². The predicted octanol–water partition coefficient (Wildman–Crippen LogP) is 2.60. The Kier molecular flexibility index (Phi) is 2.66. The molecule has 0 atom stereocenters. The summed E-state index contributed by atoms with van der Waals surface area (Å²) in [5.74, 6) is 0. The molecule has 0 bridgehead atoms. The number of aromatic nitrogens is 2. The minimum absolute atomic E-state index is 0.582. The average molecular weight is 243 g/mol. The van der Waals surface area contributed by atoms with Gasteiger partial charge in [-0.2, -0.15) is 0 Å². The molecule has 3 nitrogen and oxygen atoms in total. The van der Waals surface area contributed by atoms with Gasteiger partial charge in [0.05, 0.1) is 6.54 Å². The Morgan fingerprint density at radius 3 is 3.00 bits per heavy atom. The van der Waals surface area contributed by atoms with Gasteiger partial charge < -0.3 is 10.3 Å². The van der Waals surface area contributed by atoms with E-state index in [2.05, 4.69) is 40.0 Å². The first-order valence-corrected chi connectivity index (χ1v) is 6.41. The minimum atomic E-state index is 0.582. The van der Waals surface area contributed by atoms with Crippen molar-refractivity contribution in [1.29, 1.82) is 0 Å². The van der Waals surface area contributed by atoms with E-state index in [4.69, 9.17) is 5.73 Å². The van der Waals surface area contributed by atoms with Gasteiger partial charge in [-0.1, -0.05) is 12.1 Å². The number of hydrogen-bond acceptors (Lipinski definition) is 3. The smallest absolute Gasteiger partial charge is 0.112 e. The molecule has 2 heterocycles. The standard InChI is InChI=1S/C13H13N3S/c14-8-10-2-1-3-12-11(10)4-6-16(12)9-13-15-5-7-17-13/h1-7H,8-9,14H2. The summed E-state index contributed by atoms with van der Waals surface area (Å²) in [6.07, 6.45) is 3.95. The van der Waals surface area contributed by atoms with E-state index >= 15 is 0 Å². The van der Waals surface area contributed by atoms with E-state index in [1.807, 2.05) is 11.6 Å². The molecule has 17 heavy (non-hydrogen) atoms. The molecule has 3 rings (SSSR count). The van der Waals surface area contributed by atoms with Crippen LogP contribution in [0.3, 0.4) is 0 Å². The molecule has 0 aliphatic carbocycles. The Morgan fingerprint density at radius 2 is 2.24 bits per heavy atom. The van der Waals surface area contributed by atoms with Crippen molar-refractivity contribution in [2.45, 2.75) is 13.1 Å². The Bertz CT molecular complexity index is 625. The molecule has 0 amide bonds. The maximum absolute atomic E-state index is 5.74. The molecular formula is C13H13N3S. The summed E-state index contributed by atoms with van der Waals surface area (Å²) < 4.78 is 2.22. The zero-order chi connectivity index (χ0) is 11.7. The second kappa shape index (κ2) is 4.31. The van der Waals surface area contributed by atoms with Crippen molar-refractivity contribution in [2.75, 3.05) is 0 Å². The molecular weight excluding hydrogens is 230 g/mol. The zero-order valence-corrected chi connectivity index (χ0v) is 10.2. The summed E-state index contributed by atoms with van der Waals surface area (Å²) >= 11 is 1.68. The number of benzene rings is 1. The minimum Gasteiger partial charge on any atom is -0.341 e. The maximum atomic E-state index is 5.74. The molecule has 86 valence electrons. The van der Waals surface area contributed by atoms with Gasteiger partial charge in [-0.3, -0.25) is 0 Å². The predicted molar refractivity (Wildman–Crippen MR) is 71.0 cm³/mol. The lowest BCUT2D eigenvalue weighted by molar-refractivity contribution is 0.828. The second-order valence-electron chi connectivity index (χ2n) is 3.92. The van der Waals surface area contributed by atoms with Crippen molar-refractivity contribution in [3.05, 3.63) is 52.6 Å². The molecule has 0 aliphatic rings. The van der Waals surface area contributed by atoms with E-state index in [0.717, 1.165) is 11.6 Å². The Balaban J connectivity index is 2.06. The fraction of sp³-hybridized carbons (Fsp3) is 0.154. The van der Waals surface area contributed by atoms with Gasteiger partial charge >= 0.3 is 0 Å². The Morgan fingerprint density at radius 1 is 1.29 bits per heavy atom. The van der Waals surface area contributed by atoms with Crippen LogP contribution in [-0.2, 0) is 13.1 Å². The van der Waals surface area contributed by atoms with Gasteiger partial charge in [0.25, 0.3) is 0 Å². The van der Waals surface area contributed by atoms with Gasteiger partial charge in [0.1, 0.15) is 5.01 Å². The highest BCUT2D eigenvalue weighted by Crippen LogP contribution is 2.21. The molecule has 0 saturated carbocycles. The zero-order valence-electron chi connectivity index (χ0n) is 9.34. The van der Waals surface area contributed by atoms with Crippen LogP contribution in [0.25, 0.3) is 10.9 Å². The van der Waals surface area contributed by atoms with E-state index < -0.39 is 0 Å². The monoisotopic (exact) mass is 243 g/mol. The summed E-state index contributed by atoms with van der Waals surface area (Å²) in [6, 6.07) is 8.40. The van der Waals surface area contributed by atoms with Gasteiger partial charge in [0, 0.05) is 35.2 Å². The van der Waals surface area contributed by atoms with E-state index in [0.29, 0.717) is 6.54 Å². The first-order chi connectivity index (χ1) is 8.38. The van der Waals surface area contributed by atoms with E-state index in [1.54, 1.807) is 11.3 Å². The van der Waals surface area contributed by atoms with Crippen molar-refractivity contribution in [2.24, 2.45) is 5.73 Å². The van der Waals surface area contributed by atoms with E-state index in [9.17, 15) is 0 Å². The largest absolute Gasteiger partial charge is 0.341 e. The normalized spacial score (nSPS) is 11.1. The first kappa shape index (κ1) is 10.5. The summed E-state index contributed by atoms with van der Waals surface area (Å²) in [7, 11) is 0. The van der Waals surface area contributed by atoms with Crippen LogP contribution in [0.1, 0.15) is 10.6 Å². The van der Waals surface area contributed by atoms with Crippen molar-refractivity contribution in [1.82, 2.24) is 9.55 Å². The highest BCUT2D eigenvalue weighted by Gasteiger charge is 2.05. The number of fused-ring (bicyclic) bond motifs is 1. The Labute approximate surface area is 104 Å². The number of nitrogens with two attached hydrogens (primary N) is 1. The molecule has 0 aliphatic heterocycles. The third-order valence-electron chi connectivity index (χ3n) is 2.91. The summed E-state index contributed by atoms with van der Waals surface area (Å²) in [5.41, 5.74) is 8.16. The van der Waals surface area contributed by atoms with Crippen LogP contribution in [0.2, 0.25) is 0 Å². The van der Waals surface area contributed by atoms with Crippen LogP contribution in [0.5, 0.6) is 0 Å². The summed E-state index contributed by atoms with van der Waals surface area (Å²) in [5, 5.41) is 4.37. The second-order valence-corrected chi connectivity index (χ2v) is 4.90. The number of thiazole rings is 1. The molecule has 3 aromatic rings.